The largest absolute Gasteiger partial charge is 0.466 e. The number of thiazole rings is 1. The number of nitrogens with one attached hydrogen (secondary N) is 1. The molecule has 1 amide bonds. The molecule has 0 aliphatic carbocycles. The maximum absolute atomic E-state index is 12.3. The second kappa shape index (κ2) is 8.00. The van der Waals surface area contributed by atoms with Gasteiger partial charge in [-0.1, -0.05) is 11.8 Å². The maximum Gasteiger partial charge on any atom is 0.311 e. The van der Waals surface area contributed by atoms with Gasteiger partial charge in [0.25, 0.3) is 5.56 Å². The Balaban J connectivity index is 1.60. The van der Waals surface area contributed by atoms with E-state index in [4.69, 9.17) is 4.74 Å². The molecule has 10 heteroatoms. The molecule has 26 heavy (non-hydrogen) atoms. The van der Waals surface area contributed by atoms with Crippen molar-refractivity contribution >= 4 is 40.1 Å². The SMILES string of the molecule is CCOC(=O)Cc1csc(NC(=O)CC2CSc3nc(C)cc(=O)n32)n1. The molecule has 8 nitrogen and oxygen atoms in total. The number of rotatable bonds is 6. The Kier molecular flexibility index (Phi) is 5.72. The van der Waals surface area contributed by atoms with Crippen LogP contribution in [-0.2, 0) is 20.7 Å². The summed E-state index contributed by atoms with van der Waals surface area (Å²) >= 11 is 2.73. The predicted octanol–water partition coefficient (Wildman–Crippen LogP) is 1.79. The third kappa shape index (κ3) is 4.31. The van der Waals surface area contributed by atoms with Crippen molar-refractivity contribution in [1.82, 2.24) is 14.5 Å². The van der Waals surface area contributed by atoms with E-state index in [9.17, 15) is 14.4 Å². The van der Waals surface area contributed by atoms with Gasteiger partial charge in [-0.25, -0.2) is 9.97 Å². The molecular weight excluding hydrogens is 376 g/mol. The van der Waals surface area contributed by atoms with Crippen molar-refractivity contribution in [2.75, 3.05) is 17.7 Å². The van der Waals surface area contributed by atoms with Crippen LogP contribution in [0.4, 0.5) is 5.13 Å². The Morgan fingerprint density at radius 3 is 3.00 bits per heavy atom. The van der Waals surface area contributed by atoms with Gasteiger partial charge in [-0.3, -0.25) is 19.0 Å². The molecule has 0 bridgehead atoms. The van der Waals surface area contributed by atoms with Crippen molar-refractivity contribution in [1.29, 1.82) is 0 Å². The van der Waals surface area contributed by atoms with Crippen LogP contribution < -0.4 is 10.9 Å². The lowest BCUT2D eigenvalue weighted by atomic mass is 10.2. The van der Waals surface area contributed by atoms with E-state index >= 15 is 0 Å². The highest BCUT2D eigenvalue weighted by molar-refractivity contribution is 7.99. The average molecular weight is 394 g/mol. The van der Waals surface area contributed by atoms with E-state index in [1.807, 2.05) is 0 Å². The number of hydrogen-bond acceptors (Lipinski definition) is 8. The first kappa shape index (κ1) is 18.6. The molecule has 0 saturated carbocycles. The first-order valence-corrected chi connectivity index (χ1v) is 9.95. The minimum Gasteiger partial charge on any atom is -0.466 e. The van der Waals surface area contributed by atoms with Crippen molar-refractivity contribution < 1.29 is 14.3 Å². The lowest BCUT2D eigenvalue weighted by Gasteiger charge is -2.12. The monoisotopic (exact) mass is 394 g/mol. The van der Waals surface area contributed by atoms with E-state index in [-0.39, 0.29) is 36.3 Å². The summed E-state index contributed by atoms with van der Waals surface area (Å²) in [7, 11) is 0. The minimum absolute atomic E-state index is 0.0767. The Labute approximate surface area is 158 Å². The minimum atomic E-state index is -0.350. The Bertz CT molecular complexity index is 893. The molecule has 2 aromatic rings. The van der Waals surface area contributed by atoms with E-state index in [0.29, 0.717) is 34.0 Å². The summed E-state index contributed by atoms with van der Waals surface area (Å²) < 4.78 is 6.45. The topological polar surface area (TPSA) is 103 Å². The smallest absolute Gasteiger partial charge is 0.311 e. The number of nitrogens with zero attached hydrogens (tertiary/aromatic N) is 3. The van der Waals surface area contributed by atoms with Crippen LogP contribution in [0.5, 0.6) is 0 Å². The Morgan fingerprint density at radius 1 is 1.42 bits per heavy atom. The highest BCUT2D eigenvalue weighted by Gasteiger charge is 2.27. The summed E-state index contributed by atoms with van der Waals surface area (Å²) in [6.07, 6.45) is 0.241. The number of fused-ring (bicyclic) bond motifs is 1. The van der Waals surface area contributed by atoms with Crippen LogP contribution in [0.25, 0.3) is 0 Å². The highest BCUT2D eigenvalue weighted by atomic mass is 32.2. The van der Waals surface area contributed by atoms with E-state index < -0.39 is 0 Å². The van der Waals surface area contributed by atoms with Crippen LogP contribution in [0.15, 0.2) is 21.4 Å². The van der Waals surface area contributed by atoms with Gasteiger partial charge < -0.3 is 10.1 Å². The summed E-state index contributed by atoms with van der Waals surface area (Å²) in [5, 5.41) is 5.52. The van der Waals surface area contributed by atoms with E-state index in [1.54, 1.807) is 23.8 Å². The van der Waals surface area contributed by atoms with Crippen LogP contribution in [0.2, 0.25) is 0 Å². The number of amides is 1. The van der Waals surface area contributed by atoms with Crippen LogP contribution >= 0.6 is 23.1 Å². The molecule has 0 radical (unpaired) electrons. The fourth-order valence-corrected chi connectivity index (χ4v) is 4.52. The van der Waals surface area contributed by atoms with Gasteiger partial charge in [0.15, 0.2) is 10.3 Å². The number of thioether (sulfide) groups is 1. The van der Waals surface area contributed by atoms with E-state index in [0.717, 1.165) is 0 Å². The van der Waals surface area contributed by atoms with Gasteiger partial charge in [0.2, 0.25) is 5.91 Å². The number of aryl methyl sites for hydroxylation is 1. The average Bonchev–Trinajstić information content (AvgIpc) is 3.14. The molecule has 0 saturated heterocycles. The molecule has 138 valence electrons. The second-order valence-corrected chi connectivity index (χ2v) is 7.58. The molecule has 2 aromatic heterocycles. The van der Waals surface area contributed by atoms with Gasteiger partial charge in [-0.05, 0) is 13.8 Å². The zero-order chi connectivity index (χ0) is 18.7. The standard InChI is InChI=1S/C16H18N4O4S2/c1-3-24-14(23)5-10-7-25-15(18-10)19-12(21)6-11-8-26-16-17-9(2)4-13(22)20(11)16/h4,7,11H,3,5-6,8H2,1-2H3,(H,18,19,21). The first-order chi connectivity index (χ1) is 12.5. The Hall–Kier alpha value is -2.20. The molecule has 1 N–H and O–H groups in total. The number of esters is 1. The van der Waals surface area contributed by atoms with Crippen LogP contribution in [0.3, 0.4) is 0 Å². The summed E-state index contributed by atoms with van der Waals surface area (Å²) in [6, 6.07) is 1.25. The normalized spacial score (nSPS) is 15.5. The number of carbonyl (C=O) groups is 2. The molecule has 1 atom stereocenters. The maximum atomic E-state index is 12.3. The number of aromatic nitrogens is 3. The van der Waals surface area contributed by atoms with Crippen LogP contribution in [0, 0.1) is 6.92 Å². The summed E-state index contributed by atoms with van der Waals surface area (Å²) in [5.74, 6) is 0.0517. The number of hydrogen-bond donors (Lipinski definition) is 1. The van der Waals surface area contributed by atoms with Crippen molar-refractivity contribution in [2.45, 2.75) is 37.9 Å². The molecule has 1 unspecified atom stereocenters. The summed E-state index contributed by atoms with van der Waals surface area (Å²) in [6.45, 7) is 3.84. The van der Waals surface area contributed by atoms with E-state index in [2.05, 4.69) is 15.3 Å². The molecule has 0 aromatic carbocycles. The van der Waals surface area contributed by atoms with Gasteiger partial charge in [-0.15, -0.1) is 11.3 Å². The van der Waals surface area contributed by atoms with Gasteiger partial charge in [0.05, 0.1) is 24.8 Å². The molecule has 0 spiro atoms. The van der Waals surface area contributed by atoms with Crippen LogP contribution in [-0.4, -0.2) is 38.8 Å². The molecular formula is C16H18N4O4S2. The van der Waals surface area contributed by atoms with Gasteiger partial charge in [-0.2, -0.15) is 0 Å². The second-order valence-electron chi connectivity index (χ2n) is 5.73. The van der Waals surface area contributed by atoms with Gasteiger partial charge in [0.1, 0.15) is 0 Å². The molecule has 3 rings (SSSR count). The zero-order valence-corrected chi connectivity index (χ0v) is 16.0. The first-order valence-electron chi connectivity index (χ1n) is 8.09. The van der Waals surface area contributed by atoms with Crippen molar-refractivity contribution in [2.24, 2.45) is 0 Å². The molecule has 0 fully saturated rings. The molecule has 3 heterocycles. The highest BCUT2D eigenvalue weighted by Crippen LogP contribution is 2.32. The number of ether oxygens (including phenoxy) is 1. The fraction of sp³-hybridized carbons (Fsp3) is 0.438. The number of carbonyl (C=O) groups excluding carboxylic acids is 2. The summed E-state index contributed by atoms with van der Waals surface area (Å²) in [5.41, 5.74) is 1.10. The lowest BCUT2D eigenvalue weighted by molar-refractivity contribution is -0.142. The van der Waals surface area contributed by atoms with Gasteiger partial charge >= 0.3 is 5.97 Å². The number of anilines is 1. The third-order valence-corrected chi connectivity index (χ3v) is 5.57. The molecule has 1 aliphatic heterocycles. The van der Waals surface area contributed by atoms with Crippen molar-refractivity contribution in [3.8, 4) is 0 Å². The predicted molar refractivity (Wildman–Crippen MR) is 98.7 cm³/mol. The fourth-order valence-electron chi connectivity index (χ4n) is 2.60. The quantitative estimate of drug-likeness (QED) is 0.588. The van der Waals surface area contributed by atoms with E-state index in [1.165, 1.54) is 29.2 Å². The van der Waals surface area contributed by atoms with Crippen LogP contribution in [0.1, 0.15) is 30.8 Å². The van der Waals surface area contributed by atoms with Gasteiger partial charge in [0, 0.05) is 29.3 Å². The Morgan fingerprint density at radius 2 is 2.23 bits per heavy atom. The lowest BCUT2D eigenvalue weighted by Crippen LogP contribution is -2.27. The van der Waals surface area contributed by atoms with Crippen molar-refractivity contribution in [3.63, 3.8) is 0 Å². The third-order valence-electron chi connectivity index (χ3n) is 3.67. The van der Waals surface area contributed by atoms with Crippen molar-refractivity contribution in [3.05, 3.63) is 33.2 Å². The zero-order valence-electron chi connectivity index (χ0n) is 14.4. The summed E-state index contributed by atoms with van der Waals surface area (Å²) in [4.78, 5) is 44.5. The molecule has 1 aliphatic rings.